The summed E-state index contributed by atoms with van der Waals surface area (Å²) in [6, 6.07) is 1.68. The van der Waals surface area contributed by atoms with Gasteiger partial charge in [-0.2, -0.15) is 18.3 Å². The summed E-state index contributed by atoms with van der Waals surface area (Å²) < 4.78 is 46.3. The molecule has 0 N–H and O–H groups in total. The van der Waals surface area contributed by atoms with E-state index in [0.29, 0.717) is 30.8 Å². The average Bonchev–Trinajstić information content (AvgIpc) is 2.68. The molecule has 1 aromatic heterocycles. The number of ether oxygens (including phenoxy) is 1. The minimum atomic E-state index is -4.38. The smallest absolute Gasteiger partial charge is 0.377 e. The van der Waals surface area contributed by atoms with Crippen LogP contribution in [0.1, 0.15) is 29.0 Å². The van der Waals surface area contributed by atoms with Gasteiger partial charge in [0.05, 0.1) is 23.6 Å². The highest BCUT2D eigenvalue weighted by Crippen LogP contribution is 2.55. The number of halogens is 3. The van der Waals surface area contributed by atoms with Gasteiger partial charge in [-0.05, 0) is 38.7 Å². The molecule has 7 heteroatoms. The fourth-order valence-corrected chi connectivity index (χ4v) is 3.64. The van der Waals surface area contributed by atoms with Crippen LogP contribution in [0.4, 0.5) is 13.2 Å². The van der Waals surface area contributed by atoms with E-state index in [1.54, 1.807) is 19.9 Å². The van der Waals surface area contributed by atoms with Crippen LogP contribution in [0.5, 0.6) is 0 Å². The lowest BCUT2D eigenvalue weighted by Gasteiger charge is -2.53. The van der Waals surface area contributed by atoms with Crippen molar-refractivity contribution in [1.82, 2.24) is 9.78 Å². The second-order valence-electron chi connectivity index (χ2n) is 5.91. The third-order valence-electron chi connectivity index (χ3n) is 4.50. The van der Waals surface area contributed by atoms with Crippen molar-refractivity contribution in [2.75, 3.05) is 6.61 Å². The molecule has 21 heavy (non-hydrogen) atoms. The van der Waals surface area contributed by atoms with Crippen molar-refractivity contribution < 1.29 is 22.7 Å². The molecule has 2 aliphatic rings. The monoisotopic (exact) mass is 302 g/mol. The first-order valence-electron chi connectivity index (χ1n) is 7.06. The third kappa shape index (κ3) is 2.27. The van der Waals surface area contributed by atoms with Crippen LogP contribution in [-0.4, -0.2) is 34.6 Å². The predicted octanol–water partition coefficient (Wildman–Crippen LogP) is 2.74. The van der Waals surface area contributed by atoms with Crippen LogP contribution in [0.2, 0.25) is 0 Å². The maximum atomic E-state index is 13.3. The molecule has 3 rings (SSSR count). The van der Waals surface area contributed by atoms with Gasteiger partial charge in [-0.1, -0.05) is 0 Å². The predicted molar refractivity (Wildman–Crippen MR) is 67.8 cm³/mol. The highest BCUT2D eigenvalue weighted by Gasteiger charge is 2.65. The fourth-order valence-electron chi connectivity index (χ4n) is 3.64. The number of rotatable bonds is 1. The van der Waals surface area contributed by atoms with Crippen molar-refractivity contribution in [3.63, 3.8) is 0 Å². The Kier molecular flexibility index (Phi) is 3.35. The molecular weight excluding hydrogens is 285 g/mol. The number of hydrogen-bond donors (Lipinski definition) is 0. The number of fused-ring (bicyclic) bond motifs is 1. The van der Waals surface area contributed by atoms with Crippen molar-refractivity contribution in [3.05, 3.63) is 17.5 Å². The maximum Gasteiger partial charge on any atom is 0.393 e. The van der Waals surface area contributed by atoms with Crippen LogP contribution in [0.15, 0.2) is 6.07 Å². The van der Waals surface area contributed by atoms with Crippen molar-refractivity contribution in [1.29, 1.82) is 0 Å². The summed E-state index contributed by atoms with van der Waals surface area (Å²) in [5.41, 5.74) is 1.17. The fraction of sp³-hybridized carbons (Fsp3) is 0.714. The van der Waals surface area contributed by atoms with Crippen LogP contribution >= 0.6 is 0 Å². The second-order valence-corrected chi connectivity index (χ2v) is 5.91. The molecule has 2 heterocycles. The minimum Gasteiger partial charge on any atom is -0.377 e. The normalized spacial score (nSPS) is 32.4. The molecule has 0 radical (unpaired) electrons. The van der Waals surface area contributed by atoms with Gasteiger partial charge in [-0.15, -0.1) is 0 Å². The van der Waals surface area contributed by atoms with E-state index in [0.717, 1.165) is 4.68 Å². The van der Waals surface area contributed by atoms with Gasteiger partial charge in [0.15, 0.2) is 0 Å². The molecular formula is C14H17F3N2O2. The van der Waals surface area contributed by atoms with E-state index in [2.05, 4.69) is 5.10 Å². The Morgan fingerprint density at radius 2 is 2.14 bits per heavy atom. The Hall–Kier alpha value is -1.37. The molecule has 0 aromatic carbocycles. The summed E-state index contributed by atoms with van der Waals surface area (Å²) in [5.74, 6) is -3.98. The van der Waals surface area contributed by atoms with Gasteiger partial charge >= 0.3 is 6.18 Å². The van der Waals surface area contributed by atoms with Gasteiger partial charge in [0.25, 0.3) is 5.91 Å². The molecule has 1 aliphatic heterocycles. The van der Waals surface area contributed by atoms with Gasteiger partial charge in [-0.25, -0.2) is 4.68 Å². The minimum absolute atomic E-state index is 0.423. The van der Waals surface area contributed by atoms with Gasteiger partial charge in [0.2, 0.25) is 0 Å². The van der Waals surface area contributed by atoms with Gasteiger partial charge in [0.1, 0.15) is 0 Å². The standard InChI is InChI=1S/C14H17F3N2O2/c1-7-6-8(2)19(18-7)13(20)10-11(14(15,16)17)9-4-3-5-21-12(9)10/h6,9-12H,3-5H2,1-2H3/t9-,10-,11+,12-/m0/s1. The van der Waals surface area contributed by atoms with Gasteiger partial charge in [-0.3, -0.25) is 4.79 Å². The lowest BCUT2D eigenvalue weighted by atomic mass is 9.59. The topological polar surface area (TPSA) is 44.1 Å². The van der Waals surface area contributed by atoms with Crippen LogP contribution in [0.25, 0.3) is 0 Å². The summed E-state index contributed by atoms with van der Waals surface area (Å²) in [5, 5.41) is 4.01. The molecule has 4 atom stereocenters. The first kappa shape index (κ1) is 14.6. The van der Waals surface area contributed by atoms with Crippen LogP contribution in [0.3, 0.4) is 0 Å². The molecule has 1 saturated heterocycles. The third-order valence-corrected chi connectivity index (χ3v) is 4.50. The van der Waals surface area contributed by atoms with E-state index in [9.17, 15) is 18.0 Å². The molecule has 0 unspecified atom stereocenters. The molecule has 0 amide bonds. The second kappa shape index (κ2) is 4.83. The molecule has 1 aliphatic carbocycles. The maximum absolute atomic E-state index is 13.3. The number of aromatic nitrogens is 2. The number of nitrogens with zero attached hydrogens (tertiary/aromatic N) is 2. The zero-order valence-corrected chi connectivity index (χ0v) is 11.9. The number of carbonyl (C=O) groups excluding carboxylic acids is 1. The number of alkyl halides is 3. The van der Waals surface area contributed by atoms with Crippen LogP contribution in [0, 0.1) is 31.6 Å². The molecule has 0 bridgehead atoms. The summed E-state index contributed by atoms with van der Waals surface area (Å²) in [6.45, 7) is 3.80. The summed E-state index contributed by atoms with van der Waals surface area (Å²) in [7, 11) is 0. The van der Waals surface area contributed by atoms with Crippen molar-refractivity contribution in [2.24, 2.45) is 17.8 Å². The van der Waals surface area contributed by atoms with Gasteiger partial charge < -0.3 is 4.74 Å². The quantitative estimate of drug-likeness (QED) is 0.801. The molecule has 4 nitrogen and oxygen atoms in total. The van der Waals surface area contributed by atoms with Crippen LogP contribution < -0.4 is 0 Å². The lowest BCUT2D eigenvalue weighted by Crippen LogP contribution is -2.63. The van der Waals surface area contributed by atoms with E-state index in [1.165, 1.54) is 0 Å². The Morgan fingerprint density at radius 1 is 1.43 bits per heavy atom. The Labute approximate surface area is 120 Å². The largest absolute Gasteiger partial charge is 0.393 e. The van der Waals surface area contributed by atoms with E-state index in [1.807, 2.05) is 0 Å². The Bertz CT molecular complexity index is 567. The first-order chi connectivity index (χ1) is 9.80. The molecule has 116 valence electrons. The zero-order chi connectivity index (χ0) is 15.4. The Morgan fingerprint density at radius 3 is 2.71 bits per heavy atom. The summed E-state index contributed by atoms with van der Waals surface area (Å²) >= 11 is 0. The first-order valence-corrected chi connectivity index (χ1v) is 7.06. The SMILES string of the molecule is Cc1cc(C)n(C(=O)[C@@H]2[C@H]3OCCC[C@H]3[C@H]2C(F)(F)F)n1. The van der Waals surface area contributed by atoms with Crippen molar-refractivity contribution in [2.45, 2.75) is 39.0 Å². The van der Waals surface area contributed by atoms with E-state index >= 15 is 0 Å². The summed E-state index contributed by atoms with van der Waals surface area (Å²) in [6.07, 6.45) is -3.91. The molecule has 1 aromatic rings. The number of hydrogen-bond acceptors (Lipinski definition) is 3. The van der Waals surface area contributed by atoms with E-state index < -0.39 is 35.9 Å². The van der Waals surface area contributed by atoms with Crippen LogP contribution in [-0.2, 0) is 4.74 Å². The van der Waals surface area contributed by atoms with E-state index in [4.69, 9.17) is 4.74 Å². The molecule has 0 spiro atoms. The van der Waals surface area contributed by atoms with E-state index in [-0.39, 0.29) is 0 Å². The number of aryl methyl sites for hydroxylation is 2. The zero-order valence-electron chi connectivity index (χ0n) is 11.9. The molecule has 2 fully saturated rings. The summed E-state index contributed by atoms with van der Waals surface area (Å²) in [4.78, 5) is 12.5. The van der Waals surface area contributed by atoms with Crippen molar-refractivity contribution >= 4 is 5.91 Å². The highest BCUT2D eigenvalue weighted by molar-refractivity contribution is 5.83. The highest BCUT2D eigenvalue weighted by atomic mass is 19.4. The average molecular weight is 302 g/mol. The van der Waals surface area contributed by atoms with Crippen molar-refractivity contribution in [3.8, 4) is 0 Å². The van der Waals surface area contributed by atoms with Gasteiger partial charge in [0, 0.05) is 12.3 Å². The number of carbonyl (C=O) groups is 1. The Balaban J connectivity index is 1.91. The molecule has 1 saturated carbocycles. The lowest BCUT2D eigenvalue weighted by molar-refractivity contribution is -0.279.